The Bertz CT molecular complexity index is 196. The van der Waals surface area contributed by atoms with Crippen LogP contribution < -0.4 is 4.57 Å². The molecule has 0 fully saturated rings. The van der Waals surface area contributed by atoms with Gasteiger partial charge >= 0.3 is 0 Å². The molecule has 1 heterocycles. The van der Waals surface area contributed by atoms with E-state index in [-0.39, 0.29) is 0 Å². The second-order valence-corrected chi connectivity index (χ2v) is 3.05. The van der Waals surface area contributed by atoms with E-state index < -0.39 is 0 Å². The van der Waals surface area contributed by atoms with Gasteiger partial charge in [0.1, 0.15) is 6.20 Å². The molecule has 1 aromatic heterocycles. The number of aromatic nitrogens is 2. The standard InChI is InChI=1S/C10H17N2/c1-2-3-4-5-8-12-9-6-7-11-10-12/h6-7,9-10H,2-5,8H2,1H3/q+1. The van der Waals surface area contributed by atoms with Crippen molar-refractivity contribution in [1.82, 2.24) is 4.98 Å². The van der Waals surface area contributed by atoms with Crippen LogP contribution in [0.4, 0.5) is 0 Å². The average molecular weight is 165 g/mol. The Balaban J connectivity index is 2.16. The van der Waals surface area contributed by atoms with Crippen LogP contribution in [0.15, 0.2) is 24.8 Å². The molecule has 12 heavy (non-hydrogen) atoms. The zero-order chi connectivity index (χ0) is 8.65. The van der Waals surface area contributed by atoms with Crippen LogP contribution in [-0.4, -0.2) is 4.98 Å². The monoisotopic (exact) mass is 165 g/mol. The predicted octanol–water partition coefficient (Wildman–Crippen LogP) is 1.95. The lowest BCUT2D eigenvalue weighted by Crippen LogP contribution is -2.32. The van der Waals surface area contributed by atoms with Gasteiger partial charge in [0, 0.05) is 6.07 Å². The van der Waals surface area contributed by atoms with E-state index in [0.29, 0.717) is 0 Å². The van der Waals surface area contributed by atoms with E-state index in [1.807, 2.05) is 18.6 Å². The maximum Gasteiger partial charge on any atom is 0.286 e. The summed E-state index contributed by atoms with van der Waals surface area (Å²) >= 11 is 0. The molecule has 0 aliphatic heterocycles. The second kappa shape index (κ2) is 5.70. The lowest BCUT2D eigenvalue weighted by Gasteiger charge is -1.97. The summed E-state index contributed by atoms with van der Waals surface area (Å²) in [5.41, 5.74) is 0. The lowest BCUT2D eigenvalue weighted by atomic mass is 10.2. The number of hydrogen-bond donors (Lipinski definition) is 0. The van der Waals surface area contributed by atoms with Gasteiger partial charge in [0.2, 0.25) is 0 Å². The van der Waals surface area contributed by atoms with Gasteiger partial charge in [0.25, 0.3) is 6.33 Å². The maximum atomic E-state index is 4.05. The molecule has 0 aliphatic carbocycles. The molecule has 0 radical (unpaired) electrons. The van der Waals surface area contributed by atoms with Crippen molar-refractivity contribution in [2.24, 2.45) is 0 Å². The Morgan fingerprint density at radius 3 is 2.83 bits per heavy atom. The molecule has 0 N–H and O–H groups in total. The van der Waals surface area contributed by atoms with Gasteiger partial charge in [0.05, 0.1) is 12.7 Å². The quantitative estimate of drug-likeness (QED) is 0.481. The zero-order valence-electron chi connectivity index (χ0n) is 7.74. The third-order valence-corrected chi connectivity index (χ3v) is 1.93. The van der Waals surface area contributed by atoms with E-state index in [4.69, 9.17) is 0 Å². The lowest BCUT2D eigenvalue weighted by molar-refractivity contribution is -0.700. The summed E-state index contributed by atoms with van der Waals surface area (Å²) in [6.45, 7) is 3.34. The average Bonchev–Trinajstić information content (AvgIpc) is 2.14. The van der Waals surface area contributed by atoms with Crippen molar-refractivity contribution in [2.45, 2.75) is 39.2 Å². The van der Waals surface area contributed by atoms with Crippen molar-refractivity contribution < 1.29 is 4.57 Å². The van der Waals surface area contributed by atoms with E-state index in [2.05, 4.69) is 22.7 Å². The summed E-state index contributed by atoms with van der Waals surface area (Å²) < 4.78 is 2.13. The highest BCUT2D eigenvalue weighted by Gasteiger charge is 1.94. The van der Waals surface area contributed by atoms with Crippen molar-refractivity contribution in [1.29, 1.82) is 0 Å². The van der Waals surface area contributed by atoms with Gasteiger partial charge in [-0.2, -0.15) is 0 Å². The van der Waals surface area contributed by atoms with Gasteiger partial charge in [0.15, 0.2) is 0 Å². The third-order valence-electron chi connectivity index (χ3n) is 1.93. The number of nitrogens with zero attached hydrogens (tertiary/aromatic N) is 2. The van der Waals surface area contributed by atoms with Crippen molar-refractivity contribution >= 4 is 0 Å². The van der Waals surface area contributed by atoms with Crippen molar-refractivity contribution in [3.8, 4) is 0 Å². The Labute approximate surface area is 74.3 Å². The minimum absolute atomic E-state index is 1.10. The smallest absolute Gasteiger partial charge is 0.237 e. The SMILES string of the molecule is CCCCCC[n+]1cccnc1. The number of hydrogen-bond acceptors (Lipinski definition) is 1. The molecule has 0 amide bonds. The first-order chi connectivity index (χ1) is 5.93. The fraction of sp³-hybridized carbons (Fsp3) is 0.600. The molecule has 0 atom stereocenters. The number of aryl methyl sites for hydroxylation is 1. The van der Waals surface area contributed by atoms with Crippen LogP contribution in [0.5, 0.6) is 0 Å². The number of rotatable bonds is 5. The Morgan fingerprint density at radius 2 is 2.17 bits per heavy atom. The highest BCUT2D eigenvalue weighted by Crippen LogP contribution is 1.97. The number of unbranched alkanes of at least 4 members (excludes halogenated alkanes) is 3. The molecule has 0 aliphatic rings. The van der Waals surface area contributed by atoms with Gasteiger partial charge in [-0.3, -0.25) is 0 Å². The molecule has 2 heteroatoms. The molecular weight excluding hydrogens is 148 g/mol. The van der Waals surface area contributed by atoms with Crippen LogP contribution in [-0.2, 0) is 6.54 Å². The molecule has 1 aromatic rings. The summed E-state index contributed by atoms with van der Waals surface area (Å²) in [5.74, 6) is 0. The molecule has 1 rings (SSSR count). The highest BCUT2D eigenvalue weighted by molar-refractivity contribution is 4.68. The minimum atomic E-state index is 1.10. The molecule has 0 aromatic carbocycles. The van der Waals surface area contributed by atoms with Crippen LogP contribution in [0.1, 0.15) is 32.6 Å². The van der Waals surface area contributed by atoms with Gasteiger partial charge in [-0.15, -0.1) is 0 Å². The summed E-state index contributed by atoms with van der Waals surface area (Å²) in [5, 5.41) is 0. The van der Waals surface area contributed by atoms with Gasteiger partial charge in [-0.25, -0.2) is 4.57 Å². The van der Waals surface area contributed by atoms with Gasteiger partial charge < -0.3 is 0 Å². The molecule has 0 saturated heterocycles. The normalized spacial score (nSPS) is 10.1. The molecule has 66 valence electrons. The van der Waals surface area contributed by atoms with Gasteiger partial charge in [-0.1, -0.05) is 24.7 Å². The van der Waals surface area contributed by atoms with Crippen molar-refractivity contribution in [3.05, 3.63) is 24.8 Å². The van der Waals surface area contributed by atoms with E-state index in [1.165, 1.54) is 25.7 Å². The third kappa shape index (κ3) is 3.46. The Kier molecular flexibility index (Phi) is 4.35. The molecule has 0 spiro atoms. The van der Waals surface area contributed by atoms with Crippen LogP contribution in [0, 0.1) is 0 Å². The summed E-state index contributed by atoms with van der Waals surface area (Å²) in [4.78, 5) is 4.05. The van der Waals surface area contributed by atoms with Crippen molar-refractivity contribution in [3.63, 3.8) is 0 Å². The maximum absolute atomic E-state index is 4.05. The fourth-order valence-electron chi connectivity index (χ4n) is 1.21. The second-order valence-electron chi connectivity index (χ2n) is 3.05. The fourth-order valence-corrected chi connectivity index (χ4v) is 1.21. The first kappa shape index (κ1) is 9.17. The van der Waals surface area contributed by atoms with Crippen LogP contribution in [0.3, 0.4) is 0 Å². The van der Waals surface area contributed by atoms with E-state index in [9.17, 15) is 0 Å². The molecule has 2 nitrogen and oxygen atoms in total. The predicted molar refractivity (Wildman–Crippen MR) is 48.6 cm³/mol. The first-order valence-electron chi connectivity index (χ1n) is 4.72. The topological polar surface area (TPSA) is 16.8 Å². The molecule has 0 bridgehead atoms. The zero-order valence-corrected chi connectivity index (χ0v) is 7.74. The summed E-state index contributed by atoms with van der Waals surface area (Å²) in [7, 11) is 0. The van der Waals surface area contributed by atoms with E-state index >= 15 is 0 Å². The van der Waals surface area contributed by atoms with Crippen LogP contribution in [0.2, 0.25) is 0 Å². The molecule has 0 saturated carbocycles. The largest absolute Gasteiger partial charge is 0.286 e. The van der Waals surface area contributed by atoms with Crippen LogP contribution in [0.25, 0.3) is 0 Å². The summed E-state index contributed by atoms with van der Waals surface area (Å²) in [6.07, 6.45) is 11.0. The first-order valence-corrected chi connectivity index (χ1v) is 4.72. The van der Waals surface area contributed by atoms with Crippen molar-refractivity contribution in [2.75, 3.05) is 0 Å². The van der Waals surface area contributed by atoms with Gasteiger partial charge in [-0.05, 0) is 12.8 Å². The highest BCUT2D eigenvalue weighted by atomic mass is 15.0. The Hall–Kier alpha value is -0.920. The van der Waals surface area contributed by atoms with E-state index in [1.54, 1.807) is 0 Å². The minimum Gasteiger partial charge on any atom is -0.237 e. The Morgan fingerprint density at radius 1 is 1.25 bits per heavy atom. The van der Waals surface area contributed by atoms with E-state index in [0.717, 1.165) is 6.54 Å². The molecule has 0 unspecified atom stereocenters. The molecular formula is C10H17N2+. The van der Waals surface area contributed by atoms with Crippen LogP contribution >= 0.6 is 0 Å². The summed E-state index contributed by atoms with van der Waals surface area (Å²) in [6, 6.07) is 1.97.